The molecule has 0 radical (unpaired) electrons. The first kappa shape index (κ1) is 16.5. The van der Waals surface area contributed by atoms with Crippen LogP contribution in [0.1, 0.15) is 44.2 Å². The van der Waals surface area contributed by atoms with E-state index in [-0.39, 0.29) is 17.5 Å². The van der Waals surface area contributed by atoms with Gasteiger partial charge < -0.3 is 10.2 Å². The summed E-state index contributed by atoms with van der Waals surface area (Å²) in [6.07, 6.45) is 6.85. The van der Waals surface area contributed by atoms with Gasteiger partial charge in [-0.1, -0.05) is 19.3 Å². The zero-order valence-electron chi connectivity index (χ0n) is 14.0. The summed E-state index contributed by atoms with van der Waals surface area (Å²) in [6.45, 7) is 1.95. The van der Waals surface area contributed by atoms with E-state index in [9.17, 15) is 8.42 Å². The molecule has 0 spiro atoms. The highest BCUT2D eigenvalue weighted by Crippen LogP contribution is 2.24. The first-order chi connectivity index (χ1) is 10.9. The summed E-state index contributed by atoms with van der Waals surface area (Å²) in [5, 5.41) is 3.46. The molecule has 2 fully saturated rings. The first-order valence-corrected chi connectivity index (χ1v) is 10.3. The summed E-state index contributed by atoms with van der Waals surface area (Å²) in [5.41, 5.74) is 0.904. The Kier molecular flexibility index (Phi) is 4.75. The lowest BCUT2D eigenvalue weighted by Crippen LogP contribution is -2.33. The molecule has 128 valence electrons. The van der Waals surface area contributed by atoms with E-state index < -0.39 is 9.84 Å². The van der Waals surface area contributed by atoms with E-state index in [0.29, 0.717) is 18.4 Å². The topological polar surface area (TPSA) is 75.2 Å². The number of anilines is 2. The maximum atomic E-state index is 11.7. The Morgan fingerprint density at radius 3 is 2.57 bits per heavy atom. The van der Waals surface area contributed by atoms with Gasteiger partial charge in [-0.15, -0.1) is 0 Å². The third kappa shape index (κ3) is 4.13. The fourth-order valence-corrected chi connectivity index (χ4v) is 5.27. The minimum Gasteiger partial charge on any atom is -0.355 e. The number of sulfone groups is 1. The quantitative estimate of drug-likeness (QED) is 0.907. The highest BCUT2D eigenvalue weighted by atomic mass is 32.2. The number of aromatic nitrogens is 2. The van der Waals surface area contributed by atoms with Crippen molar-refractivity contribution in [2.24, 2.45) is 0 Å². The van der Waals surface area contributed by atoms with Gasteiger partial charge in [0.1, 0.15) is 5.82 Å². The van der Waals surface area contributed by atoms with Gasteiger partial charge >= 0.3 is 0 Å². The molecule has 0 aromatic carbocycles. The van der Waals surface area contributed by atoms with Gasteiger partial charge in [0, 0.05) is 30.9 Å². The molecule has 3 rings (SSSR count). The largest absolute Gasteiger partial charge is 0.355 e. The second-order valence-corrected chi connectivity index (χ2v) is 9.07. The van der Waals surface area contributed by atoms with Crippen molar-refractivity contribution in [1.29, 1.82) is 0 Å². The van der Waals surface area contributed by atoms with Gasteiger partial charge in [0.2, 0.25) is 5.95 Å². The summed E-state index contributed by atoms with van der Waals surface area (Å²) in [4.78, 5) is 11.1. The van der Waals surface area contributed by atoms with Crippen LogP contribution in [-0.4, -0.2) is 49.0 Å². The SMILES string of the molecule is Cc1cc(N(C)C2CCS(=O)(=O)C2)nc(NC2CCCCC2)n1. The van der Waals surface area contributed by atoms with Crippen molar-refractivity contribution in [1.82, 2.24) is 9.97 Å². The molecular formula is C16H26N4O2S. The Balaban J connectivity index is 1.74. The molecule has 1 aliphatic heterocycles. The van der Waals surface area contributed by atoms with Crippen molar-refractivity contribution >= 4 is 21.6 Å². The Labute approximate surface area is 138 Å². The minimum absolute atomic E-state index is 0.0110. The maximum absolute atomic E-state index is 11.7. The molecule has 1 unspecified atom stereocenters. The molecule has 2 heterocycles. The first-order valence-electron chi connectivity index (χ1n) is 8.48. The molecular weight excluding hydrogens is 312 g/mol. The van der Waals surface area contributed by atoms with Crippen molar-refractivity contribution in [3.05, 3.63) is 11.8 Å². The number of hydrogen-bond donors (Lipinski definition) is 1. The van der Waals surface area contributed by atoms with Gasteiger partial charge in [0.15, 0.2) is 9.84 Å². The number of nitrogens with one attached hydrogen (secondary N) is 1. The lowest BCUT2D eigenvalue weighted by Gasteiger charge is -2.26. The number of hydrogen-bond acceptors (Lipinski definition) is 6. The molecule has 1 aliphatic carbocycles. The third-order valence-corrected chi connectivity index (χ3v) is 6.65. The van der Waals surface area contributed by atoms with Crippen molar-refractivity contribution in [3.8, 4) is 0 Å². The highest BCUT2D eigenvalue weighted by Gasteiger charge is 2.31. The lowest BCUT2D eigenvalue weighted by atomic mass is 9.96. The molecule has 6 nitrogen and oxygen atoms in total. The van der Waals surface area contributed by atoms with Crippen molar-refractivity contribution in [3.63, 3.8) is 0 Å². The van der Waals surface area contributed by atoms with E-state index in [0.717, 1.165) is 11.5 Å². The molecule has 7 heteroatoms. The fourth-order valence-electron chi connectivity index (χ4n) is 3.49. The summed E-state index contributed by atoms with van der Waals surface area (Å²) in [5.74, 6) is 1.97. The predicted molar refractivity (Wildman–Crippen MR) is 92.7 cm³/mol. The molecule has 0 amide bonds. The zero-order chi connectivity index (χ0) is 16.4. The summed E-state index contributed by atoms with van der Waals surface area (Å²) < 4.78 is 23.4. The smallest absolute Gasteiger partial charge is 0.225 e. The average molecular weight is 338 g/mol. The van der Waals surface area contributed by atoms with Crippen LogP contribution in [0.3, 0.4) is 0 Å². The number of nitrogens with zero attached hydrogens (tertiary/aromatic N) is 3. The van der Waals surface area contributed by atoms with Gasteiger partial charge in [0.25, 0.3) is 0 Å². The normalized spacial score (nSPS) is 24.5. The summed E-state index contributed by atoms with van der Waals surface area (Å²) in [7, 11) is -0.964. The van der Waals surface area contributed by atoms with Gasteiger partial charge in [-0.25, -0.2) is 13.4 Å². The van der Waals surface area contributed by atoms with Gasteiger partial charge in [-0.2, -0.15) is 4.98 Å². The van der Waals surface area contributed by atoms with Crippen LogP contribution < -0.4 is 10.2 Å². The molecule has 1 aromatic heterocycles. The molecule has 1 aromatic rings. The van der Waals surface area contributed by atoms with E-state index in [1.54, 1.807) is 0 Å². The molecule has 1 atom stereocenters. The molecule has 0 bridgehead atoms. The Morgan fingerprint density at radius 1 is 1.17 bits per heavy atom. The molecule has 23 heavy (non-hydrogen) atoms. The monoisotopic (exact) mass is 338 g/mol. The lowest BCUT2D eigenvalue weighted by molar-refractivity contribution is 0.460. The average Bonchev–Trinajstić information content (AvgIpc) is 2.87. The van der Waals surface area contributed by atoms with Crippen molar-refractivity contribution < 1.29 is 8.42 Å². The third-order valence-electron chi connectivity index (χ3n) is 4.90. The van der Waals surface area contributed by atoms with Gasteiger partial charge in [0.05, 0.1) is 11.5 Å². The Morgan fingerprint density at radius 2 is 1.91 bits per heavy atom. The van der Waals surface area contributed by atoms with Crippen molar-refractivity contribution in [2.45, 2.75) is 57.5 Å². The van der Waals surface area contributed by atoms with Crippen LogP contribution in [0, 0.1) is 6.92 Å². The maximum Gasteiger partial charge on any atom is 0.225 e. The Hall–Kier alpha value is -1.37. The van der Waals surface area contributed by atoms with Gasteiger partial charge in [-0.05, 0) is 26.2 Å². The summed E-state index contributed by atoms with van der Waals surface area (Å²) >= 11 is 0. The summed E-state index contributed by atoms with van der Waals surface area (Å²) in [6, 6.07) is 2.39. The van der Waals surface area contributed by atoms with Crippen LogP contribution in [0.2, 0.25) is 0 Å². The van der Waals surface area contributed by atoms with E-state index in [2.05, 4.69) is 15.3 Å². The van der Waals surface area contributed by atoms with Crippen molar-refractivity contribution in [2.75, 3.05) is 28.8 Å². The van der Waals surface area contributed by atoms with E-state index >= 15 is 0 Å². The Bertz CT molecular complexity index is 656. The van der Waals surface area contributed by atoms with Crippen LogP contribution in [0.25, 0.3) is 0 Å². The van der Waals surface area contributed by atoms with E-state index in [1.165, 1.54) is 32.1 Å². The van der Waals surface area contributed by atoms with E-state index in [1.807, 2.05) is 24.9 Å². The number of aryl methyl sites for hydroxylation is 1. The van der Waals surface area contributed by atoms with Crippen LogP contribution >= 0.6 is 0 Å². The van der Waals surface area contributed by atoms with Crippen LogP contribution in [0.4, 0.5) is 11.8 Å². The van der Waals surface area contributed by atoms with Crippen LogP contribution in [0.5, 0.6) is 0 Å². The zero-order valence-corrected chi connectivity index (χ0v) is 14.8. The van der Waals surface area contributed by atoms with E-state index in [4.69, 9.17) is 0 Å². The standard InChI is InChI=1S/C16H26N4O2S/c1-12-10-15(20(2)14-8-9-23(21,22)11-14)19-16(17-12)18-13-6-4-3-5-7-13/h10,13-14H,3-9,11H2,1-2H3,(H,17,18,19). The molecule has 1 saturated carbocycles. The highest BCUT2D eigenvalue weighted by molar-refractivity contribution is 7.91. The predicted octanol–water partition coefficient (Wildman–Crippen LogP) is 2.15. The second-order valence-electron chi connectivity index (χ2n) is 6.84. The molecule has 2 aliphatic rings. The molecule has 1 saturated heterocycles. The second kappa shape index (κ2) is 6.63. The molecule has 1 N–H and O–H groups in total. The number of rotatable bonds is 4. The van der Waals surface area contributed by atoms with Crippen LogP contribution in [0.15, 0.2) is 6.07 Å². The van der Waals surface area contributed by atoms with Gasteiger partial charge in [-0.3, -0.25) is 0 Å². The van der Waals surface area contributed by atoms with Crippen LogP contribution in [-0.2, 0) is 9.84 Å². The minimum atomic E-state index is -2.89. The fraction of sp³-hybridized carbons (Fsp3) is 0.750.